The predicted octanol–water partition coefficient (Wildman–Crippen LogP) is 2.58. The lowest BCUT2D eigenvalue weighted by Gasteiger charge is -2.04. The van der Waals surface area contributed by atoms with Crippen LogP contribution in [-0.2, 0) is 9.05 Å². The Balaban J connectivity index is 2.14. The lowest BCUT2D eigenvalue weighted by atomic mass is 10.3. The first-order chi connectivity index (χ1) is 8.38. The molecule has 1 heterocycles. The predicted molar refractivity (Wildman–Crippen MR) is 71.6 cm³/mol. The second-order valence-electron chi connectivity index (χ2n) is 4.40. The fourth-order valence-corrected chi connectivity index (χ4v) is 2.30. The number of aromatic nitrogens is 2. The van der Waals surface area contributed by atoms with E-state index in [1.54, 1.807) is 6.20 Å². The highest BCUT2D eigenvalue weighted by molar-refractivity contribution is 8.13. The Hall–Kier alpha value is -0.750. The summed E-state index contributed by atoms with van der Waals surface area (Å²) < 4.78 is 28.7. The van der Waals surface area contributed by atoms with Crippen molar-refractivity contribution in [2.75, 3.05) is 12.4 Å². The van der Waals surface area contributed by atoms with E-state index in [2.05, 4.69) is 5.10 Å². The normalized spacial score (nSPS) is 12.0. The molecule has 0 N–H and O–H groups in total. The number of hydrogen-bond acceptors (Lipinski definition) is 4. The van der Waals surface area contributed by atoms with Gasteiger partial charge in [0.1, 0.15) is 0 Å². The van der Waals surface area contributed by atoms with Gasteiger partial charge in [-0.05, 0) is 33.1 Å². The third kappa shape index (κ3) is 6.26. The molecule has 18 heavy (non-hydrogen) atoms. The number of ether oxygens (including phenoxy) is 1. The van der Waals surface area contributed by atoms with E-state index in [4.69, 9.17) is 15.4 Å². The Bertz CT molecular complexity index is 457. The summed E-state index contributed by atoms with van der Waals surface area (Å²) >= 11 is 0. The first kappa shape index (κ1) is 15.3. The summed E-state index contributed by atoms with van der Waals surface area (Å²) in [4.78, 5) is 0. The maximum Gasteiger partial charge on any atom is 0.232 e. The number of halogens is 1. The van der Waals surface area contributed by atoms with Crippen LogP contribution in [0.5, 0.6) is 5.75 Å². The molecule has 0 aliphatic heterocycles. The van der Waals surface area contributed by atoms with Crippen LogP contribution in [-0.4, -0.2) is 30.6 Å². The monoisotopic (exact) mass is 294 g/mol. The minimum Gasteiger partial charge on any atom is -0.490 e. The first-order valence-corrected chi connectivity index (χ1v) is 8.45. The van der Waals surface area contributed by atoms with Crippen molar-refractivity contribution in [2.45, 2.75) is 39.2 Å². The third-order valence-corrected chi connectivity index (χ3v) is 3.65. The minimum atomic E-state index is -3.35. The van der Waals surface area contributed by atoms with E-state index in [9.17, 15) is 8.42 Å². The molecule has 7 heteroatoms. The van der Waals surface area contributed by atoms with E-state index in [1.165, 1.54) is 0 Å². The smallest absolute Gasteiger partial charge is 0.232 e. The molecule has 0 fully saturated rings. The molecule has 0 atom stereocenters. The molecule has 1 aromatic rings. The van der Waals surface area contributed by atoms with Gasteiger partial charge >= 0.3 is 0 Å². The maximum atomic E-state index is 10.7. The third-order valence-electron chi connectivity index (χ3n) is 2.41. The second-order valence-corrected chi connectivity index (χ2v) is 7.30. The van der Waals surface area contributed by atoms with Crippen LogP contribution in [0.25, 0.3) is 0 Å². The summed E-state index contributed by atoms with van der Waals surface area (Å²) in [6.45, 7) is 4.65. The van der Waals surface area contributed by atoms with Gasteiger partial charge in [-0.3, -0.25) is 4.68 Å². The van der Waals surface area contributed by atoms with Gasteiger partial charge in [0.15, 0.2) is 5.75 Å². The molecule has 0 radical (unpaired) electrons. The van der Waals surface area contributed by atoms with Gasteiger partial charge < -0.3 is 4.74 Å². The van der Waals surface area contributed by atoms with Gasteiger partial charge in [0.2, 0.25) is 9.05 Å². The molecule has 0 saturated heterocycles. The average Bonchev–Trinajstić information content (AvgIpc) is 2.70. The number of nitrogens with zero attached hydrogens (tertiary/aromatic N) is 2. The van der Waals surface area contributed by atoms with Gasteiger partial charge in [-0.1, -0.05) is 0 Å². The van der Waals surface area contributed by atoms with Crippen molar-refractivity contribution in [3.05, 3.63) is 12.4 Å². The molecule has 104 valence electrons. The van der Waals surface area contributed by atoms with Crippen molar-refractivity contribution in [2.24, 2.45) is 0 Å². The van der Waals surface area contributed by atoms with Crippen LogP contribution in [0, 0.1) is 0 Å². The largest absolute Gasteiger partial charge is 0.490 e. The quantitative estimate of drug-likeness (QED) is 0.546. The van der Waals surface area contributed by atoms with Crippen LogP contribution < -0.4 is 4.74 Å². The topological polar surface area (TPSA) is 61.2 Å². The molecular formula is C11H19ClN2O3S. The molecule has 0 saturated carbocycles. The van der Waals surface area contributed by atoms with Gasteiger partial charge in [-0.2, -0.15) is 5.10 Å². The van der Waals surface area contributed by atoms with Crippen LogP contribution >= 0.6 is 10.7 Å². The Kier molecular flexibility index (Phi) is 5.95. The van der Waals surface area contributed by atoms with Gasteiger partial charge in [-0.25, -0.2) is 8.42 Å². The summed E-state index contributed by atoms with van der Waals surface area (Å²) in [6.07, 6.45) is 5.70. The zero-order valence-electron chi connectivity index (χ0n) is 10.7. The van der Waals surface area contributed by atoms with Crippen LogP contribution in [0.4, 0.5) is 0 Å². The van der Waals surface area contributed by atoms with Gasteiger partial charge in [0.25, 0.3) is 0 Å². The highest BCUT2D eigenvalue weighted by Crippen LogP contribution is 2.13. The summed E-state index contributed by atoms with van der Waals surface area (Å²) in [6, 6.07) is 0.316. The van der Waals surface area contributed by atoms with E-state index in [0.717, 1.165) is 18.6 Å². The highest BCUT2D eigenvalue weighted by atomic mass is 35.7. The van der Waals surface area contributed by atoms with Crippen LogP contribution in [0.1, 0.15) is 39.2 Å². The molecule has 5 nitrogen and oxygen atoms in total. The Labute approximate surface area is 113 Å². The standard InChI is InChI=1S/C11H19ClN2O3S/c1-10(2)14-9-11(8-13-14)17-6-4-3-5-7-18(12,15)16/h8-10H,3-7H2,1-2H3. The van der Waals surface area contributed by atoms with Crippen molar-refractivity contribution in [1.82, 2.24) is 9.78 Å². The van der Waals surface area contributed by atoms with Crippen LogP contribution in [0.3, 0.4) is 0 Å². The van der Waals surface area contributed by atoms with Crippen molar-refractivity contribution < 1.29 is 13.2 Å². The molecule has 0 amide bonds. The highest BCUT2D eigenvalue weighted by Gasteiger charge is 2.05. The van der Waals surface area contributed by atoms with E-state index in [0.29, 0.717) is 19.1 Å². The molecule has 1 rings (SSSR count). The lowest BCUT2D eigenvalue weighted by Crippen LogP contribution is -2.01. The Morgan fingerprint density at radius 3 is 2.67 bits per heavy atom. The molecule has 0 unspecified atom stereocenters. The van der Waals surface area contributed by atoms with Crippen LogP contribution in [0.15, 0.2) is 12.4 Å². The summed E-state index contributed by atoms with van der Waals surface area (Å²) in [5, 5.41) is 4.16. The second kappa shape index (κ2) is 6.99. The fourth-order valence-electron chi connectivity index (χ4n) is 1.42. The van der Waals surface area contributed by atoms with E-state index >= 15 is 0 Å². The van der Waals surface area contributed by atoms with Gasteiger partial charge in [0, 0.05) is 16.7 Å². The molecule has 0 bridgehead atoms. The first-order valence-electron chi connectivity index (χ1n) is 5.98. The summed E-state index contributed by atoms with van der Waals surface area (Å²) in [5.74, 6) is 0.772. The average molecular weight is 295 g/mol. The minimum absolute atomic E-state index is 0.0276. The van der Waals surface area contributed by atoms with E-state index < -0.39 is 9.05 Å². The number of rotatable bonds is 8. The number of unbranched alkanes of at least 4 members (excludes halogenated alkanes) is 2. The zero-order valence-corrected chi connectivity index (χ0v) is 12.2. The Morgan fingerprint density at radius 2 is 2.11 bits per heavy atom. The molecule has 0 aliphatic rings. The Morgan fingerprint density at radius 1 is 1.39 bits per heavy atom. The molecular weight excluding hydrogens is 276 g/mol. The lowest BCUT2D eigenvalue weighted by molar-refractivity contribution is 0.305. The zero-order chi connectivity index (χ0) is 13.6. The molecule has 0 aromatic carbocycles. The van der Waals surface area contributed by atoms with Gasteiger partial charge in [-0.15, -0.1) is 0 Å². The van der Waals surface area contributed by atoms with E-state index in [1.807, 2.05) is 24.7 Å². The summed E-state index contributed by atoms with van der Waals surface area (Å²) in [7, 11) is 1.75. The van der Waals surface area contributed by atoms with Gasteiger partial charge in [0.05, 0.1) is 24.8 Å². The van der Waals surface area contributed by atoms with Crippen molar-refractivity contribution >= 4 is 19.7 Å². The van der Waals surface area contributed by atoms with Crippen molar-refractivity contribution in [3.8, 4) is 5.75 Å². The molecule has 1 aromatic heterocycles. The van der Waals surface area contributed by atoms with Crippen molar-refractivity contribution in [3.63, 3.8) is 0 Å². The number of hydrogen-bond donors (Lipinski definition) is 0. The van der Waals surface area contributed by atoms with Crippen molar-refractivity contribution in [1.29, 1.82) is 0 Å². The molecule has 0 spiro atoms. The fraction of sp³-hybridized carbons (Fsp3) is 0.727. The SMILES string of the molecule is CC(C)n1cc(OCCCCCS(=O)(=O)Cl)cn1. The maximum absolute atomic E-state index is 10.7. The van der Waals surface area contributed by atoms with E-state index in [-0.39, 0.29) is 5.75 Å². The summed E-state index contributed by atoms with van der Waals surface area (Å²) in [5.41, 5.74) is 0. The van der Waals surface area contributed by atoms with Crippen LogP contribution in [0.2, 0.25) is 0 Å². The molecule has 0 aliphatic carbocycles.